The molecule has 2 heterocycles. The van der Waals surface area contributed by atoms with Crippen LogP contribution in [0, 0.1) is 6.92 Å². The van der Waals surface area contributed by atoms with Gasteiger partial charge in [-0.25, -0.2) is 4.98 Å². The second-order valence-corrected chi connectivity index (χ2v) is 6.04. The molecule has 7 nitrogen and oxygen atoms in total. The minimum absolute atomic E-state index is 0.416. The highest BCUT2D eigenvalue weighted by Gasteiger charge is 2.07. The van der Waals surface area contributed by atoms with E-state index in [0.717, 1.165) is 11.3 Å². The number of pyridine rings is 1. The number of nitrogens with zero attached hydrogens (tertiary/aromatic N) is 3. The van der Waals surface area contributed by atoms with E-state index < -0.39 is 0 Å². The largest absolute Gasteiger partial charge is 0.457 e. The van der Waals surface area contributed by atoms with E-state index >= 15 is 0 Å². The summed E-state index contributed by atoms with van der Waals surface area (Å²) in [6.07, 6.45) is 1.61. The number of aromatic nitrogens is 4. The lowest BCUT2D eigenvalue weighted by Crippen LogP contribution is -1.92. The molecule has 4 rings (SSSR count). The van der Waals surface area contributed by atoms with Gasteiger partial charge in [-0.2, -0.15) is 4.98 Å². The van der Waals surface area contributed by atoms with E-state index in [9.17, 15) is 0 Å². The molecule has 4 N–H and O–H groups in total. The fraction of sp³-hybridized carbons (Fsp3) is 0.0500. The molecule has 0 aliphatic rings. The van der Waals surface area contributed by atoms with Crippen molar-refractivity contribution in [2.45, 2.75) is 6.92 Å². The summed E-state index contributed by atoms with van der Waals surface area (Å²) in [5.74, 6) is 2.94. The van der Waals surface area contributed by atoms with E-state index in [4.69, 9.17) is 10.5 Å². The molecule has 2 aromatic carbocycles. The number of nitrogens with two attached hydrogens (primary N) is 1. The highest BCUT2D eigenvalue weighted by Crippen LogP contribution is 2.25. The number of nitrogens with one attached hydrogen (secondary N) is 2. The van der Waals surface area contributed by atoms with Gasteiger partial charge in [0.15, 0.2) is 5.82 Å². The van der Waals surface area contributed by atoms with Crippen molar-refractivity contribution in [3.63, 3.8) is 0 Å². The average Bonchev–Trinajstić information content (AvgIpc) is 3.11. The zero-order valence-corrected chi connectivity index (χ0v) is 14.7. The molecule has 7 heteroatoms. The molecule has 0 aliphatic carbocycles. The Bertz CT molecular complexity index is 1060. The molecular formula is C20H18N6O. The maximum absolute atomic E-state index is 5.77. The number of hydrogen-bond donors (Lipinski definition) is 3. The average molecular weight is 358 g/mol. The number of hydrogen-bond acceptors (Lipinski definition) is 6. The monoisotopic (exact) mass is 358 g/mol. The lowest BCUT2D eigenvalue weighted by Gasteiger charge is -2.06. The first-order chi connectivity index (χ1) is 13.2. The Hall–Kier alpha value is -3.87. The van der Waals surface area contributed by atoms with Gasteiger partial charge >= 0.3 is 0 Å². The molecule has 0 spiro atoms. The second-order valence-electron chi connectivity index (χ2n) is 6.04. The van der Waals surface area contributed by atoms with Gasteiger partial charge in [-0.05, 0) is 55.0 Å². The van der Waals surface area contributed by atoms with E-state index in [0.29, 0.717) is 29.1 Å². The molecule has 27 heavy (non-hydrogen) atoms. The Kier molecular flexibility index (Phi) is 4.40. The van der Waals surface area contributed by atoms with Gasteiger partial charge in [0.25, 0.3) is 0 Å². The Morgan fingerprint density at radius 2 is 1.85 bits per heavy atom. The summed E-state index contributed by atoms with van der Waals surface area (Å²) < 4.78 is 5.77. The van der Waals surface area contributed by atoms with Gasteiger partial charge in [0, 0.05) is 23.5 Å². The Morgan fingerprint density at radius 3 is 2.63 bits per heavy atom. The summed E-state index contributed by atoms with van der Waals surface area (Å²) in [5.41, 5.74) is 8.68. The third-order valence-electron chi connectivity index (χ3n) is 3.88. The summed E-state index contributed by atoms with van der Waals surface area (Å²) in [4.78, 5) is 8.43. The second kappa shape index (κ2) is 7.17. The molecule has 0 unspecified atom stereocenters. The Balaban J connectivity index is 1.47. The van der Waals surface area contributed by atoms with Crippen LogP contribution in [-0.4, -0.2) is 20.2 Å². The standard InChI is InChI=1S/C20H18N6O/c1-13-3-2-4-15(11-13)23-20-24-19(25-26-20)14-5-7-16(8-6-14)27-17-9-10-22-18(21)12-17/h2-12H,1H3,(H2,21,22)(H2,23,24,25,26). The van der Waals surface area contributed by atoms with Crippen LogP contribution >= 0.6 is 0 Å². The van der Waals surface area contributed by atoms with E-state index in [1.54, 1.807) is 18.3 Å². The van der Waals surface area contributed by atoms with E-state index in [2.05, 4.69) is 25.5 Å². The lowest BCUT2D eigenvalue weighted by molar-refractivity contribution is 0.482. The van der Waals surface area contributed by atoms with E-state index in [1.165, 1.54) is 5.56 Å². The number of aryl methyl sites for hydroxylation is 1. The van der Waals surface area contributed by atoms with Crippen LogP contribution in [0.15, 0.2) is 66.9 Å². The Morgan fingerprint density at radius 1 is 1.00 bits per heavy atom. The van der Waals surface area contributed by atoms with Crippen LogP contribution in [0.1, 0.15) is 5.56 Å². The fourth-order valence-electron chi connectivity index (χ4n) is 2.61. The topological polar surface area (TPSA) is 102 Å². The van der Waals surface area contributed by atoms with Gasteiger partial charge in [0.2, 0.25) is 5.95 Å². The number of nitrogen functional groups attached to an aromatic ring is 1. The SMILES string of the molecule is Cc1cccc(Nc2n[nH]c(-c3ccc(Oc4ccnc(N)c4)cc3)n2)c1. The molecule has 0 saturated heterocycles. The van der Waals surface area contributed by atoms with Crippen LogP contribution < -0.4 is 15.8 Å². The number of anilines is 3. The maximum Gasteiger partial charge on any atom is 0.246 e. The molecule has 4 aromatic rings. The zero-order chi connectivity index (χ0) is 18.6. The van der Waals surface area contributed by atoms with Crippen LogP contribution in [0.2, 0.25) is 0 Å². The van der Waals surface area contributed by atoms with Gasteiger partial charge in [0.1, 0.15) is 17.3 Å². The van der Waals surface area contributed by atoms with Crippen LogP contribution in [0.5, 0.6) is 11.5 Å². The van der Waals surface area contributed by atoms with Crippen molar-refractivity contribution in [2.24, 2.45) is 0 Å². The molecule has 0 saturated carbocycles. The minimum Gasteiger partial charge on any atom is -0.457 e. The summed E-state index contributed by atoms with van der Waals surface area (Å²) >= 11 is 0. The molecule has 134 valence electrons. The van der Waals surface area contributed by atoms with Crippen LogP contribution in [0.25, 0.3) is 11.4 Å². The van der Waals surface area contributed by atoms with Crippen molar-refractivity contribution in [1.29, 1.82) is 0 Å². The summed E-state index contributed by atoms with van der Waals surface area (Å²) in [6, 6.07) is 19.0. The minimum atomic E-state index is 0.416. The zero-order valence-electron chi connectivity index (χ0n) is 14.7. The summed E-state index contributed by atoms with van der Waals surface area (Å²) in [6.45, 7) is 2.04. The van der Waals surface area contributed by atoms with Gasteiger partial charge in [0.05, 0.1) is 0 Å². The van der Waals surface area contributed by atoms with Crippen LogP contribution in [0.4, 0.5) is 17.5 Å². The number of rotatable bonds is 5. The molecular weight excluding hydrogens is 340 g/mol. The number of benzene rings is 2. The van der Waals surface area contributed by atoms with E-state index in [1.807, 2.05) is 55.5 Å². The van der Waals surface area contributed by atoms with Crippen molar-refractivity contribution >= 4 is 17.5 Å². The maximum atomic E-state index is 5.77. The number of ether oxygens (including phenoxy) is 1. The molecule has 0 amide bonds. The molecule has 2 aromatic heterocycles. The highest BCUT2D eigenvalue weighted by atomic mass is 16.5. The van der Waals surface area contributed by atoms with Crippen LogP contribution in [0.3, 0.4) is 0 Å². The third-order valence-corrected chi connectivity index (χ3v) is 3.88. The first kappa shape index (κ1) is 16.6. The summed E-state index contributed by atoms with van der Waals surface area (Å²) in [5, 5.41) is 10.4. The quantitative estimate of drug-likeness (QED) is 0.492. The van der Waals surface area contributed by atoms with Gasteiger partial charge in [-0.15, -0.1) is 5.10 Å². The summed E-state index contributed by atoms with van der Waals surface area (Å²) in [7, 11) is 0. The number of aromatic amines is 1. The molecule has 0 bridgehead atoms. The molecule has 0 radical (unpaired) electrons. The van der Waals surface area contributed by atoms with Crippen molar-refractivity contribution in [2.75, 3.05) is 11.1 Å². The van der Waals surface area contributed by atoms with Crippen molar-refractivity contribution in [1.82, 2.24) is 20.2 Å². The number of H-pyrrole nitrogens is 1. The first-order valence-corrected chi connectivity index (χ1v) is 8.42. The smallest absolute Gasteiger partial charge is 0.246 e. The molecule has 0 atom stereocenters. The molecule has 0 aliphatic heterocycles. The van der Waals surface area contributed by atoms with Crippen molar-refractivity contribution in [3.8, 4) is 22.9 Å². The first-order valence-electron chi connectivity index (χ1n) is 8.42. The van der Waals surface area contributed by atoms with Crippen molar-refractivity contribution < 1.29 is 4.74 Å². The predicted molar refractivity (Wildman–Crippen MR) is 105 cm³/mol. The Labute approximate surface area is 156 Å². The predicted octanol–water partition coefficient (Wildman–Crippen LogP) is 4.29. The normalized spacial score (nSPS) is 10.6. The van der Waals surface area contributed by atoms with Gasteiger partial charge in [-0.3, -0.25) is 5.10 Å². The van der Waals surface area contributed by atoms with Gasteiger partial charge < -0.3 is 15.8 Å². The lowest BCUT2D eigenvalue weighted by atomic mass is 10.2. The highest BCUT2D eigenvalue weighted by molar-refractivity contribution is 5.60. The van der Waals surface area contributed by atoms with E-state index in [-0.39, 0.29) is 0 Å². The van der Waals surface area contributed by atoms with Gasteiger partial charge in [-0.1, -0.05) is 12.1 Å². The van der Waals surface area contributed by atoms with Crippen LogP contribution in [-0.2, 0) is 0 Å². The van der Waals surface area contributed by atoms with Crippen molar-refractivity contribution in [3.05, 3.63) is 72.4 Å². The third kappa shape index (κ3) is 4.04. The molecule has 0 fully saturated rings. The fourth-order valence-corrected chi connectivity index (χ4v) is 2.61.